The van der Waals surface area contributed by atoms with Crippen molar-refractivity contribution in [1.82, 2.24) is 9.55 Å². The van der Waals surface area contributed by atoms with E-state index >= 15 is 0 Å². The van der Waals surface area contributed by atoms with Crippen LogP contribution < -0.4 is 5.73 Å². The monoisotopic (exact) mass is 265 g/mol. The zero-order valence-corrected chi connectivity index (χ0v) is 11.6. The first-order valence-corrected chi connectivity index (χ1v) is 7.06. The highest BCUT2D eigenvalue weighted by atomic mass is 16.4. The molecule has 0 aliphatic heterocycles. The van der Waals surface area contributed by atoms with Crippen molar-refractivity contribution in [2.45, 2.75) is 64.0 Å². The molecule has 1 aromatic rings. The number of carboxylic acids is 1. The fourth-order valence-electron chi connectivity index (χ4n) is 2.60. The van der Waals surface area contributed by atoms with E-state index in [1.54, 1.807) is 6.92 Å². The quantitative estimate of drug-likeness (QED) is 0.768. The number of nitrogens with two attached hydrogens (primary N) is 1. The third kappa shape index (κ3) is 3.35. The first-order chi connectivity index (χ1) is 9.00. The van der Waals surface area contributed by atoms with E-state index in [0.29, 0.717) is 6.42 Å². The smallest absolute Gasteiger partial charge is 0.323 e. The number of aromatic nitrogens is 2. The Balaban J connectivity index is 1.80. The van der Waals surface area contributed by atoms with E-state index < -0.39 is 11.5 Å². The lowest BCUT2D eigenvalue weighted by Crippen LogP contribution is -2.44. The Kier molecular flexibility index (Phi) is 4.24. The minimum absolute atomic E-state index is 0.513. The maximum atomic E-state index is 10.9. The molecule has 0 amide bonds. The Morgan fingerprint density at radius 3 is 2.95 bits per heavy atom. The number of imidazole rings is 1. The molecule has 106 valence electrons. The fraction of sp³-hybridized carbons (Fsp3) is 0.714. The van der Waals surface area contributed by atoms with E-state index in [0.717, 1.165) is 32.2 Å². The fourth-order valence-corrected chi connectivity index (χ4v) is 2.60. The van der Waals surface area contributed by atoms with Crippen LogP contribution in [0.15, 0.2) is 6.33 Å². The molecule has 1 atom stereocenters. The van der Waals surface area contributed by atoms with Crippen LogP contribution in [0.5, 0.6) is 0 Å². The summed E-state index contributed by atoms with van der Waals surface area (Å²) in [6, 6.07) is 0. The highest BCUT2D eigenvalue weighted by molar-refractivity contribution is 5.77. The summed E-state index contributed by atoms with van der Waals surface area (Å²) in [5, 5.41) is 8.94. The molecule has 0 saturated carbocycles. The summed E-state index contributed by atoms with van der Waals surface area (Å²) in [4.78, 5) is 15.4. The van der Waals surface area contributed by atoms with Crippen LogP contribution in [-0.4, -0.2) is 26.2 Å². The van der Waals surface area contributed by atoms with Gasteiger partial charge in [0.1, 0.15) is 5.54 Å². The predicted octanol–water partition coefficient (Wildman–Crippen LogP) is 1.73. The average Bonchev–Trinajstić information content (AvgIpc) is 2.78. The van der Waals surface area contributed by atoms with Gasteiger partial charge < -0.3 is 15.4 Å². The van der Waals surface area contributed by atoms with Gasteiger partial charge in [-0.3, -0.25) is 4.79 Å². The molecule has 2 rings (SSSR count). The first kappa shape index (κ1) is 14.1. The van der Waals surface area contributed by atoms with Crippen molar-refractivity contribution in [3.8, 4) is 0 Å². The van der Waals surface area contributed by atoms with Gasteiger partial charge in [0.05, 0.1) is 12.0 Å². The van der Waals surface area contributed by atoms with Crippen molar-refractivity contribution in [1.29, 1.82) is 0 Å². The van der Waals surface area contributed by atoms with E-state index in [9.17, 15) is 4.79 Å². The molecule has 0 spiro atoms. The number of hydrogen-bond acceptors (Lipinski definition) is 3. The second kappa shape index (κ2) is 5.74. The van der Waals surface area contributed by atoms with Gasteiger partial charge in [0.15, 0.2) is 0 Å². The lowest BCUT2D eigenvalue weighted by Gasteiger charge is -2.19. The van der Waals surface area contributed by atoms with Crippen LogP contribution in [0.1, 0.15) is 50.4 Å². The number of aryl methyl sites for hydroxylation is 2. The Morgan fingerprint density at radius 2 is 2.21 bits per heavy atom. The lowest BCUT2D eigenvalue weighted by molar-refractivity contribution is -0.142. The molecule has 1 unspecified atom stereocenters. The summed E-state index contributed by atoms with van der Waals surface area (Å²) in [5.41, 5.74) is 7.23. The summed E-state index contributed by atoms with van der Waals surface area (Å²) in [6.45, 7) is 2.49. The number of carboxylic acid groups (broad SMARTS) is 1. The predicted molar refractivity (Wildman–Crippen MR) is 72.9 cm³/mol. The number of unbranched alkanes of at least 4 members (excludes halogenated alkanes) is 1. The summed E-state index contributed by atoms with van der Waals surface area (Å²) in [6.07, 6.45) is 8.93. The van der Waals surface area contributed by atoms with Gasteiger partial charge in [-0.2, -0.15) is 0 Å². The van der Waals surface area contributed by atoms with Crippen molar-refractivity contribution in [2.24, 2.45) is 5.73 Å². The van der Waals surface area contributed by atoms with Gasteiger partial charge in [0.25, 0.3) is 0 Å². The molecule has 1 aliphatic carbocycles. The Labute approximate surface area is 113 Å². The van der Waals surface area contributed by atoms with Gasteiger partial charge in [0.2, 0.25) is 0 Å². The second-order valence-corrected chi connectivity index (χ2v) is 5.72. The van der Waals surface area contributed by atoms with Crippen molar-refractivity contribution in [3.63, 3.8) is 0 Å². The Morgan fingerprint density at radius 1 is 1.47 bits per heavy atom. The molecule has 1 heterocycles. The zero-order valence-electron chi connectivity index (χ0n) is 11.6. The zero-order chi connectivity index (χ0) is 13.9. The molecule has 0 bridgehead atoms. The largest absolute Gasteiger partial charge is 0.480 e. The van der Waals surface area contributed by atoms with Crippen LogP contribution in [0.3, 0.4) is 0 Å². The third-order valence-electron chi connectivity index (χ3n) is 3.94. The van der Waals surface area contributed by atoms with Gasteiger partial charge in [0, 0.05) is 12.2 Å². The van der Waals surface area contributed by atoms with Gasteiger partial charge in [-0.15, -0.1) is 0 Å². The van der Waals surface area contributed by atoms with Crippen LogP contribution in [-0.2, 0) is 24.2 Å². The minimum atomic E-state index is -1.10. The summed E-state index contributed by atoms with van der Waals surface area (Å²) in [5.74, 6) is -0.924. The van der Waals surface area contributed by atoms with Crippen LogP contribution >= 0.6 is 0 Å². The van der Waals surface area contributed by atoms with E-state index in [1.807, 2.05) is 6.33 Å². The third-order valence-corrected chi connectivity index (χ3v) is 3.94. The molecule has 5 nitrogen and oxygen atoms in total. The summed E-state index contributed by atoms with van der Waals surface area (Å²) >= 11 is 0. The molecule has 1 aromatic heterocycles. The number of hydrogen-bond donors (Lipinski definition) is 2. The number of aliphatic carboxylic acids is 1. The molecule has 0 saturated heterocycles. The minimum Gasteiger partial charge on any atom is -0.480 e. The standard InChI is InChI=1S/C14H23N3O2/c1-14(15,13(18)19)8-4-5-9-17-10-16-11-6-2-3-7-12(11)17/h10H,2-9,15H2,1H3,(H,18,19). The van der Waals surface area contributed by atoms with Crippen molar-refractivity contribution >= 4 is 5.97 Å². The molecule has 5 heteroatoms. The average molecular weight is 265 g/mol. The normalized spacial score (nSPS) is 17.8. The topological polar surface area (TPSA) is 81.1 Å². The van der Waals surface area contributed by atoms with Crippen LogP contribution in [0.25, 0.3) is 0 Å². The van der Waals surface area contributed by atoms with E-state index in [-0.39, 0.29) is 0 Å². The van der Waals surface area contributed by atoms with Gasteiger partial charge in [-0.1, -0.05) is 0 Å². The highest BCUT2D eigenvalue weighted by Gasteiger charge is 2.26. The molecule has 3 N–H and O–H groups in total. The second-order valence-electron chi connectivity index (χ2n) is 5.72. The van der Waals surface area contributed by atoms with Crippen molar-refractivity contribution in [3.05, 3.63) is 17.7 Å². The van der Waals surface area contributed by atoms with Gasteiger partial charge in [-0.25, -0.2) is 4.98 Å². The molecule has 1 aliphatic rings. The van der Waals surface area contributed by atoms with Crippen molar-refractivity contribution in [2.75, 3.05) is 0 Å². The number of nitrogens with zero attached hydrogens (tertiary/aromatic N) is 2. The SMILES string of the molecule is CC(N)(CCCCn1cnc2c1CCCC2)C(=O)O. The van der Waals surface area contributed by atoms with Crippen molar-refractivity contribution < 1.29 is 9.90 Å². The summed E-state index contributed by atoms with van der Waals surface area (Å²) in [7, 11) is 0. The maximum Gasteiger partial charge on any atom is 0.323 e. The Hall–Kier alpha value is -1.36. The molecule has 0 aromatic carbocycles. The first-order valence-electron chi connectivity index (χ1n) is 7.06. The molecule has 0 radical (unpaired) electrons. The maximum absolute atomic E-state index is 10.9. The van der Waals surface area contributed by atoms with Crippen LogP contribution in [0.4, 0.5) is 0 Å². The lowest BCUT2D eigenvalue weighted by atomic mass is 9.96. The Bertz CT molecular complexity index is 452. The molecular formula is C14H23N3O2. The van der Waals surface area contributed by atoms with E-state index in [2.05, 4.69) is 9.55 Å². The molecule has 19 heavy (non-hydrogen) atoms. The van der Waals surface area contributed by atoms with Gasteiger partial charge in [-0.05, 0) is 51.9 Å². The number of rotatable bonds is 6. The molecular weight excluding hydrogens is 242 g/mol. The van der Waals surface area contributed by atoms with Crippen LogP contribution in [0, 0.1) is 0 Å². The van der Waals surface area contributed by atoms with Gasteiger partial charge >= 0.3 is 5.97 Å². The summed E-state index contributed by atoms with van der Waals surface area (Å²) < 4.78 is 2.23. The number of carbonyl (C=O) groups is 1. The molecule has 0 fully saturated rings. The van der Waals surface area contributed by atoms with Crippen LogP contribution in [0.2, 0.25) is 0 Å². The number of fused-ring (bicyclic) bond motifs is 1. The van der Waals surface area contributed by atoms with E-state index in [4.69, 9.17) is 10.8 Å². The highest BCUT2D eigenvalue weighted by Crippen LogP contribution is 2.20. The van der Waals surface area contributed by atoms with E-state index in [1.165, 1.54) is 24.2 Å².